The molecule has 4 heteroatoms. The van der Waals surface area contributed by atoms with Crippen molar-refractivity contribution in [1.82, 2.24) is 0 Å². The lowest BCUT2D eigenvalue weighted by Gasteiger charge is -2.13. The second-order valence-corrected chi connectivity index (χ2v) is 5.79. The first-order chi connectivity index (χ1) is 7.13. The molecule has 1 N–H and O–H groups in total. The van der Waals surface area contributed by atoms with Crippen LogP contribution in [-0.4, -0.2) is 17.0 Å². The first-order valence-corrected chi connectivity index (χ1v) is 6.40. The molecule has 1 aliphatic rings. The standard InChI is InChI=1S/C11H13ClFNS/c1-7-2-11(6-15-7)14-10-4-8(12)3-9(13)5-10/h3-5,7,11,14H,2,6H2,1H3. The number of halogens is 2. The van der Waals surface area contributed by atoms with Crippen LogP contribution in [0.3, 0.4) is 0 Å². The van der Waals surface area contributed by atoms with Crippen molar-refractivity contribution in [3.63, 3.8) is 0 Å². The second kappa shape index (κ2) is 4.62. The van der Waals surface area contributed by atoms with Crippen LogP contribution in [0.1, 0.15) is 13.3 Å². The average molecular weight is 246 g/mol. The van der Waals surface area contributed by atoms with Crippen LogP contribution in [0.25, 0.3) is 0 Å². The molecular formula is C11H13ClFNS. The summed E-state index contributed by atoms with van der Waals surface area (Å²) < 4.78 is 13.0. The van der Waals surface area contributed by atoms with Crippen LogP contribution in [0.15, 0.2) is 18.2 Å². The Morgan fingerprint density at radius 2 is 2.27 bits per heavy atom. The summed E-state index contributed by atoms with van der Waals surface area (Å²) >= 11 is 7.72. The van der Waals surface area contributed by atoms with Crippen molar-refractivity contribution in [2.24, 2.45) is 0 Å². The molecule has 82 valence electrons. The fourth-order valence-electron chi connectivity index (χ4n) is 1.79. The minimum Gasteiger partial charge on any atom is -0.381 e. The van der Waals surface area contributed by atoms with Gasteiger partial charge in [-0.1, -0.05) is 18.5 Å². The molecule has 1 aromatic carbocycles. The van der Waals surface area contributed by atoms with Crippen LogP contribution in [0.4, 0.5) is 10.1 Å². The topological polar surface area (TPSA) is 12.0 Å². The van der Waals surface area contributed by atoms with Gasteiger partial charge in [0.25, 0.3) is 0 Å². The highest BCUT2D eigenvalue weighted by Gasteiger charge is 2.21. The molecule has 1 saturated heterocycles. The van der Waals surface area contributed by atoms with Gasteiger partial charge in [-0.05, 0) is 24.6 Å². The van der Waals surface area contributed by atoms with Gasteiger partial charge >= 0.3 is 0 Å². The Bertz CT molecular complexity index is 338. The van der Waals surface area contributed by atoms with Gasteiger partial charge in [0.05, 0.1) is 0 Å². The van der Waals surface area contributed by atoms with Crippen LogP contribution < -0.4 is 5.32 Å². The van der Waals surface area contributed by atoms with E-state index in [4.69, 9.17) is 11.6 Å². The van der Waals surface area contributed by atoms with E-state index in [1.54, 1.807) is 6.07 Å². The molecule has 0 saturated carbocycles. The van der Waals surface area contributed by atoms with E-state index in [1.165, 1.54) is 12.1 Å². The highest BCUT2D eigenvalue weighted by Crippen LogP contribution is 2.29. The fourth-order valence-corrected chi connectivity index (χ4v) is 3.16. The summed E-state index contributed by atoms with van der Waals surface area (Å²) in [6.45, 7) is 2.21. The number of hydrogen-bond acceptors (Lipinski definition) is 2. The highest BCUT2D eigenvalue weighted by molar-refractivity contribution is 8.00. The molecule has 0 bridgehead atoms. The Labute approximate surface area is 98.4 Å². The predicted octanol–water partition coefficient (Wildman–Crippen LogP) is 3.79. The third-order valence-electron chi connectivity index (χ3n) is 2.43. The van der Waals surface area contributed by atoms with Crippen molar-refractivity contribution in [1.29, 1.82) is 0 Å². The molecule has 1 nitrogen and oxygen atoms in total. The van der Waals surface area contributed by atoms with Gasteiger partial charge in [-0.2, -0.15) is 11.8 Å². The maximum absolute atomic E-state index is 13.0. The van der Waals surface area contributed by atoms with Gasteiger partial charge in [-0.15, -0.1) is 0 Å². The highest BCUT2D eigenvalue weighted by atomic mass is 35.5. The van der Waals surface area contributed by atoms with Gasteiger partial charge in [0.1, 0.15) is 5.82 Å². The summed E-state index contributed by atoms with van der Waals surface area (Å²) in [7, 11) is 0. The van der Waals surface area contributed by atoms with Crippen molar-refractivity contribution in [2.75, 3.05) is 11.1 Å². The lowest BCUT2D eigenvalue weighted by Crippen LogP contribution is -2.18. The normalized spacial score (nSPS) is 25.5. The van der Waals surface area contributed by atoms with E-state index in [2.05, 4.69) is 12.2 Å². The molecule has 0 radical (unpaired) electrons. The van der Waals surface area contributed by atoms with Gasteiger partial charge in [-0.25, -0.2) is 4.39 Å². The molecule has 0 spiro atoms. The average Bonchev–Trinajstić information content (AvgIpc) is 2.49. The van der Waals surface area contributed by atoms with Crippen molar-refractivity contribution in [2.45, 2.75) is 24.6 Å². The smallest absolute Gasteiger partial charge is 0.126 e. The van der Waals surface area contributed by atoms with Gasteiger partial charge in [0.2, 0.25) is 0 Å². The first-order valence-electron chi connectivity index (χ1n) is 4.98. The molecule has 1 heterocycles. The molecule has 0 aliphatic carbocycles. The van der Waals surface area contributed by atoms with Crippen LogP contribution >= 0.6 is 23.4 Å². The van der Waals surface area contributed by atoms with E-state index in [0.29, 0.717) is 16.3 Å². The van der Waals surface area contributed by atoms with Gasteiger partial charge < -0.3 is 5.32 Å². The summed E-state index contributed by atoms with van der Waals surface area (Å²) in [5.41, 5.74) is 0.778. The maximum atomic E-state index is 13.0. The Hall–Kier alpha value is -0.410. The molecule has 1 aromatic rings. The van der Waals surface area contributed by atoms with E-state index in [0.717, 1.165) is 17.9 Å². The largest absolute Gasteiger partial charge is 0.381 e. The predicted molar refractivity (Wildman–Crippen MR) is 65.4 cm³/mol. The molecule has 0 aromatic heterocycles. The van der Waals surface area contributed by atoms with Crippen molar-refractivity contribution in [3.05, 3.63) is 29.0 Å². The third kappa shape index (κ3) is 3.02. The van der Waals surface area contributed by atoms with E-state index in [1.807, 2.05) is 11.8 Å². The Morgan fingerprint density at radius 1 is 1.47 bits per heavy atom. The minimum absolute atomic E-state index is 0.288. The third-order valence-corrected chi connectivity index (χ3v) is 4.01. The number of nitrogens with one attached hydrogen (secondary N) is 1. The molecule has 1 aliphatic heterocycles. The van der Waals surface area contributed by atoms with E-state index in [-0.39, 0.29) is 5.82 Å². The summed E-state index contributed by atoms with van der Waals surface area (Å²) in [6.07, 6.45) is 1.12. The molecule has 1 fully saturated rings. The number of rotatable bonds is 2. The Balaban J connectivity index is 2.04. The lowest BCUT2D eigenvalue weighted by molar-refractivity contribution is 0.627. The summed E-state index contributed by atoms with van der Waals surface area (Å²) in [6, 6.07) is 5.00. The van der Waals surface area contributed by atoms with Crippen LogP contribution in [0, 0.1) is 5.82 Å². The quantitative estimate of drug-likeness (QED) is 0.851. The van der Waals surface area contributed by atoms with E-state index < -0.39 is 0 Å². The molecule has 2 unspecified atom stereocenters. The molecule has 15 heavy (non-hydrogen) atoms. The summed E-state index contributed by atoms with van der Waals surface area (Å²) in [5, 5.41) is 4.44. The molecule has 2 atom stereocenters. The Morgan fingerprint density at radius 3 is 2.87 bits per heavy atom. The van der Waals surface area contributed by atoms with Crippen LogP contribution in [0.2, 0.25) is 5.02 Å². The van der Waals surface area contributed by atoms with Crippen molar-refractivity contribution >= 4 is 29.1 Å². The van der Waals surface area contributed by atoms with E-state index in [9.17, 15) is 4.39 Å². The number of thioether (sulfide) groups is 1. The van der Waals surface area contributed by atoms with Crippen LogP contribution in [-0.2, 0) is 0 Å². The van der Waals surface area contributed by atoms with Crippen LogP contribution in [0.5, 0.6) is 0 Å². The maximum Gasteiger partial charge on any atom is 0.126 e. The second-order valence-electron chi connectivity index (χ2n) is 3.88. The summed E-state index contributed by atoms with van der Waals surface area (Å²) in [5.74, 6) is 0.790. The Kier molecular flexibility index (Phi) is 3.42. The zero-order valence-electron chi connectivity index (χ0n) is 8.47. The zero-order valence-corrected chi connectivity index (χ0v) is 10.0. The van der Waals surface area contributed by atoms with Gasteiger partial charge in [0.15, 0.2) is 0 Å². The van der Waals surface area contributed by atoms with Gasteiger partial charge in [0, 0.05) is 27.8 Å². The van der Waals surface area contributed by atoms with Crippen molar-refractivity contribution in [3.8, 4) is 0 Å². The monoisotopic (exact) mass is 245 g/mol. The lowest BCUT2D eigenvalue weighted by atomic mass is 10.2. The zero-order chi connectivity index (χ0) is 10.8. The minimum atomic E-state index is -0.288. The van der Waals surface area contributed by atoms with Gasteiger partial charge in [-0.3, -0.25) is 0 Å². The molecular weight excluding hydrogens is 233 g/mol. The fraction of sp³-hybridized carbons (Fsp3) is 0.455. The van der Waals surface area contributed by atoms with E-state index >= 15 is 0 Å². The van der Waals surface area contributed by atoms with Crippen molar-refractivity contribution < 1.29 is 4.39 Å². The molecule has 0 amide bonds. The first kappa shape index (κ1) is 11.1. The number of anilines is 1. The number of hydrogen-bond donors (Lipinski definition) is 1. The molecule has 2 rings (SSSR count). The number of benzene rings is 1. The SMILES string of the molecule is CC1CC(Nc2cc(F)cc(Cl)c2)CS1. The summed E-state index contributed by atoms with van der Waals surface area (Å²) in [4.78, 5) is 0.